The Kier molecular flexibility index (Phi) is 3.54. The van der Waals surface area contributed by atoms with Gasteiger partial charge in [-0.2, -0.15) is 10.2 Å². The van der Waals surface area contributed by atoms with Crippen LogP contribution in [0.4, 0.5) is 0 Å². The number of aromatic amines is 1. The van der Waals surface area contributed by atoms with Crippen LogP contribution in [0, 0.1) is 0 Å². The van der Waals surface area contributed by atoms with E-state index in [-0.39, 0.29) is 11.9 Å². The number of nitrogens with one attached hydrogen (secondary N) is 1. The summed E-state index contributed by atoms with van der Waals surface area (Å²) in [6.45, 7) is 3.55. The van der Waals surface area contributed by atoms with Gasteiger partial charge in [-0.25, -0.2) is 0 Å². The first-order chi connectivity index (χ1) is 9.79. The molecule has 3 heterocycles. The van der Waals surface area contributed by atoms with Crippen LogP contribution in [0.25, 0.3) is 0 Å². The Morgan fingerprint density at radius 2 is 2.45 bits per heavy atom. The van der Waals surface area contributed by atoms with Crippen LogP contribution in [0.3, 0.4) is 0 Å². The molecule has 3 rings (SSSR count). The standard InChI is InChI=1S/C14H19N5O/c1-2-13-12(9-15-17-13)14(20)18-7-3-5-11(10-18)19-8-4-6-16-19/h4,6,8-9,11H,2-3,5,7,10H2,1H3,(H,15,17)/t11-/m1/s1. The number of H-pyrrole nitrogens is 1. The number of rotatable bonds is 3. The Labute approximate surface area is 117 Å². The molecular formula is C14H19N5O. The van der Waals surface area contributed by atoms with Crippen LogP contribution < -0.4 is 0 Å². The van der Waals surface area contributed by atoms with Crippen LogP contribution in [0.5, 0.6) is 0 Å². The van der Waals surface area contributed by atoms with Gasteiger partial charge in [0.2, 0.25) is 0 Å². The highest BCUT2D eigenvalue weighted by atomic mass is 16.2. The summed E-state index contributed by atoms with van der Waals surface area (Å²) >= 11 is 0. The summed E-state index contributed by atoms with van der Waals surface area (Å²) in [7, 11) is 0. The minimum Gasteiger partial charge on any atom is -0.336 e. The van der Waals surface area contributed by atoms with E-state index in [4.69, 9.17) is 0 Å². The summed E-state index contributed by atoms with van der Waals surface area (Å²) in [4.78, 5) is 14.5. The fourth-order valence-corrected chi connectivity index (χ4v) is 2.79. The summed E-state index contributed by atoms with van der Waals surface area (Å²) in [6.07, 6.45) is 8.25. The number of likely N-dealkylation sites (tertiary alicyclic amines) is 1. The molecule has 0 spiro atoms. The van der Waals surface area contributed by atoms with Crippen molar-refractivity contribution in [2.75, 3.05) is 13.1 Å². The SMILES string of the molecule is CCc1[nH]ncc1C(=O)N1CCC[C@@H](n2cccn2)C1. The molecule has 0 aromatic carbocycles. The predicted molar refractivity (Wildman–Crippen MR) is 74.4 cm³/mol. The van der Waals surface area contributed by atoms with Crippen LogP contribution >= 0.6 is 0 Å². The van der Waals surface area contributed by atoms with Gasteiger partial charge in [0.15, 0.2) is 0 Å². The van der Waals surface area contributed by atoms with Gasteiger partial charge in [0, 0.05) is 31.2 Å². The molecule has 1 saturated heterocycles. The van der Waals surface area contributed by atoms with E-state index in [0.29, 0.717) is 5.56 Å². The molecule has 20 heavy (non-hydrogen) atoms. The summed E-state index contributed by atoms with van der Waals surface area (Å²) < 4.78 is 1.95. The number of carbonyl (C=O) groups excluding carboxylic acids is 1. The lowest BCUT2D eigenvalue weighted by Crippen LogP contribution is -2.41. The van der Waals surface area contributed by atoms with Crippen molar-refractivity contribution in [1.82, 2.24) is 24.9 Å². The van der Waals surface area contributed by atoms with E-state index < -0.39 is 0 Å². The van der Waals surface area contributed by atoms with Gasteiger partial charge in [0.1, 0.15) is 0 Å². The highest BCUT2D eigenvalue weighted by Gasteiger charge is 2.27. The third-order valence-corrected chi connectivity index (χ3v) is 3.88. The van der Waals surface area contributed by atoms with Crippen molar-refractivity contribution in [2.45, 2.75) is 32.2 Å². The van der Waals surface area contributed by atoms with Crippen LogP contribution in [0.15, 0.2) is 24.7 Å². The maximum absolute atomic E-state index is 12.6. The minimum absolute atomic E-state index is 0.0763. The average Bonchev–Trinajstić information content (AvgIpc) is 3.17. The van der Waals surface area contributed by atoms with Gasteiger partial charge in [-0.1, -0.05) is 6.92 Å². The number of aryl methyl sites for hydroxylation is 1. The van der Waals surface area contributed by atoms with Crippen LogP contribution in [0.2, 0.25) is 0 Å². The van der Waals surface area contributed by atoms with Gasteiger partial charge in [-0.05, 0) is 25.3 Å². The van der Waals surface area contributed by atoms with Crippen molar-refractivity contribution < 1.29 is 4.79 Å². The Bertz CT molecular complexity index is 574. The Morgan fingerprint density at radius 1 is 1.55 bits per heavy atom. The van der Waals surface area contributed by atoms with Crippen LogP contribution in [0.1, 0.15) is 41.9 Å². The lowest BCUT2D eigenvalue weighted by Gasteiger charge is -2.32. The largest absolute Gasteiger partial charge is 0.336 e. The topological polar surface area (TPSA) is 66.8 Å². The monoisotopic (exact) mass is 273 g/mol. The fourth-order valence-electron chi connectivity index (χ4n) is 2.79. The smallest absolute Gasteiger partial charge is 0.257 e. The first kappa shape index (κ1) is 12.9. The normalized spacial score (nSPS) is 19.2. The van der Waals surface area contributed by atoms with Crippen molar-refractivity contribution >= 4 is 5.91 Å². The van der Waals surface area contributed by atoms with Crippen molar-refractivity contribution in [3.05, 3.63) is 35.9 Å². The molecule has 1 aliphatic rings. The zero-order valence-electron chi connectivity index (χ0n) is 11.6. The lowest BCUT2D eigenvalue weighted by molar-refractivity contribution is 0.0672. The number of carbonyl (C=O) groups is 1. The summed E-state index contributed by atoms with van der Waals surface area (Å²) in [5.74, 6) is 0.0763. The fraction of sp³-hybridized carbons (Fsp3) is 0.500. The molecule has 0 radical (unpaired) electrons. The van der Waals surface area contributed by atoms with Gasteiger partial charge in [-0.3, -0.25) is 14.6 Å². The predicted octanol–water partition coefficient (Wildman–Crippen LogP) is 1.65. The molecule has 1 aliphatic heterocycles. The Balaban J connectivity index is 1.75. The minimum atomic E-state index is 0.0763. The van der Waals surface area contributed by atoms with Crippen molar-refractivity contribution in [2.24, 2.45) is 0 Å². The molecule has 6 heteroatoms. The van der Waals surface area contributed by atoms with Crippen molar-refractivity contribution in [3.63, 3.8) is 0 Å². The molecule has 6 nitrogen and oxygen atoms in total. The second-order valence-corrected chi connectivity index (χ2v) is 5.15. The molecule has 1 fully saturated rings. The average molecular weight is 273 g/mol. The summed E-state index contributed by atoms with van der Waals surface area (Å²) in [6, 6.07) is 2.20. The Hall–Kier alpha value is -2.11. The molecule has 0 unspecified atom stereocenters. The second-order valence-electron chi connectivity index (χ2n) is 5.15. The van der Waals surface area contributed by atoms with E-state index in [2.05, 4.69) is 15.3 Å². The summed E-state index contributed by atoms with van der Waals surface area (Å²) in [5.41, 5.74) is 1.62. The highest BCUT2D eigenvalue weighted by Crippen LogP contribution is 2.22. The third kappa shape index (κ3) is 2.33. The van der Waals surface area contributed by atoms with Gasteiger partial charge < -0.3 is 4.90 Å². The molecular weight excluding hydrogens is 254 g/mol. The summed E-state index contributed by atoms with van der Waals surface area (Å²) in [5, 5.41) is 11.2. The molecule has 0 bridgehead atoms. The molecule has 1 amide bonds. The third-order valence-electron chi connectivity index (χ3n) is 3.88. The van der Waals surface area contributed by atoms with E-state index in [0.717, 1.165) is 38.0 Å². The number of nitrogens with zero attached hydrogens (tertiary/aromatic N) is 4. The van der Waals surface area contributed by atoms with Crippen LogP contribution in [-0.4, -0.2) is 43.9 Å². The molecule has 0 aliphatic carbocycles. The molecule has 2 aromatic heterocycles. The molecule has 0 saturated carbocycles. The second kappa shape index (κ2) is 5.48. The number of hydrogen-bond acceptors (Lipinski definition) is 3. The number of hydrogen-bond donors (Lipinski definition) is 1. The van der Waals surface area contributed by atoms with Crippen molar-refractivity contribution in [3.8, 4) is 0 Å². The van der Waals surface area contributed by atoms with Crippen LogP contribution in [-0.2, 0) is 6.42 Å². The van der Waals surface area contributed by atoms with Gasteiger partial charge >= 0.3 is 0 Å². The number of amides is 1. The van der Waals surface area contributed by atoms with E-state index in [1.54, 1.807) is 12.4 Å². The Morgan fingerprint density at radius 3 is 3.20 bits per heavy atom. The lowest BCUT2D eigenvalue weighted by atomic mass is 10.0. The maximum Gasteiger partial charge on any atom is 0.257 e. The van der Waals surface area contributed by atoms with Gasteiger partial charge in [0.05, 0.1) is 17.8 Å². The van der Waals surface area contributed by atoms with E-state index in [9.17, 15) is 4.79 Å². The van der Waals surface area contributed by atoms with E-state index in [1.807, 2.05) is 28.8 Å². The maximum atomic E-state index is 12.6. The zero-order valence-corrected chi connectivity index (χ0v) is 11.6. The molecule has 1 atom stereocenters. The van der Waals surface area contributed by atoms with Crippen molar-refractivity contribution in [1.29, 1.82) is 0 Å². The first-order valence-electron chi connectivity index (χ1n) is 7.10. The highest BCUT2D eigenvalue weighted by molar-refractivity contribution is 5.95. The van der Waals surface area contributed by atoms with E-state index >= 15 is 0 Å². The molecule has 1 N–H and O–H groups in total. The first-order valence-corrected chi connectivity index (χ1v) is 7.10. The van der Waals surface area contributed by atoms with E-state index in [1.165, 1.54) is 0 Å². The van der Waals surface area contributed by atoms with Gasteiger partial charge in [-0.15, -0.1) is 0 Å². The number of piperidine rings is 1. The zero-order chi connectivity index (χ0) is 13.9. The number of aromatic nitrogens is 4. The molecule has 2 aromatic rings. The molecule has 106 valence electrons. The quantitative estimate of drug-likeness (QED) is 0.924. The van der Waals surface area contributed by atoms with Gasteiger partial charge in [0.25, 0.3) is 5.91 Å².